The molecule has 1 aromatic rings. The van der Waals surface area contributed by atoms with Gasteiger partial charge in [-0.3, -0.25) is 5.32 Å². The fourth-order valence-electron chi connectivity index (χ4n) is 1.91. The molecule has 1 rings (SSSR count). The zero-order valence-electron chi connectivity index (χ0n) is 12.2. The van der Waals surface area contributed by atoms with Gasteiger partial charge in [0, 0.05) is 24.7 Å². The predicted molar refractivity (Wildman–Crippen MR) is 72.3 cm³/mol. The lowest BCUT2D eigenvalue weighted by molar-refractivity contribution is -0.148. The van der Waals surface area contributed by atoms with Gasteiger partial charge in [-0.05, 0) is 27.1 Å². The van der Waals surface area contributed by atoms with E-state index >= 15 is 0 Å². The van der Waals surface area contributed by atoms with Crippen LogP contribution in [0.4, 0.5) is 8.78 Å². The van der Waals surface area contributed by atoms with Crippen molar-refractivity contribution in [2.45, 2.75) is 12.5 Å². The van der Waals surface area contributed by atoms with Crippen LogP contribution in [0.1, 0.15) is 12.5 Å². The Balaban J connectivity index is 3.07. The summed E-state index contributed by atoms with van der Waals surface area (Å²) in [7, 11) is 5.00. The van der Waals surface area contributed by atoms with Crippen molar-refractivity contribution in [2.24, 2.45) is 0 Å². The molecule has 0 saturated carbocycles. The molecule has 0 radical (unpaired) electrons. The van der Waals surface area contributed by atoms with E-state index in [0.29, 0.717) is 13.1 Å². The van der Waals surface area contributed by atoms with Gasteiger partial charge < -0.3 is 9.64 Å². The highest BCUT2D eigenvalue weighted by Gasteiger charge is 2.38. The molecule has 1 unspecified atom stereocenters. The van der Waals surface area contributed by atoms with Crippen LogP contribution < -0.4 is 5.32 Å². The normalized spacial score (nSPS) is 14.2. The number of ether oxygens (including phenoxy) is 1. The Labute approximate surface area is 117 Å². The number of hydrogen-bond donors (Lipinski definition) is 1. The number of benzene rings is 1. The van der Waals surface area contributed by atoms with Crippen LogP contribution >= 0.6 is 0 Å². The highest BCUT2D eigenvalue weighted by atomic mass is 19.1. The van der Waals surface area contributed by atoms with E-state index in [0.717, 1.165) is 12.1 Å². The molecule has 0 aliphatic carbocycles. The first kappa shape index (κ1) is 16.5. The van der Waals surface area contributed by atoms with Crippen molar-refractivity contribution in [3.8, 4) is 0 Å². The zero-order valence-corrected chi connectivity index (χ0v) is 12.2. The number of nitrogens with zero attached hydrogens (tertiary/aromatic N) is 1. The first-order chi connectivity index (χ1) is 9.31. The molecule has 0 aliphatic heterocycles. The number of halogens is 2. The summed E-state index contributed by atoms with van der Waals surface area (Å²) < 4.78 is 31.7. The van der Waals surface area contributed by atoms with Gasteiger partial charge in [-0.1, -0.05) is 6.07 Å². The van der Waals surface area contributed by atoms with E-state index in [1.807, 2.05) is 19.0 Å². The number of carbonyl (C=O) groups is 1. The maximum Gasteiger partial charge on any atom is 0.330 e. The predicted octanol–water partition coefficient (Wildman–Crippen LogP) is 1.50. The van der Waals surface area contributed by atoms with Crippen LogP contribution in [0.5, 0.6) is 0 Å². The smallest absolute Gasteiger partial charge is 0.330 e. The molecular formula is C14H20F2N2O2. The summed E-state index contributed by atoms with van der Waals surface area (Å²) in [4.78, 5) is 13.9. The molecule has 0 amide bonds. The number of hydrogen-bond acceptors (Lipinski definition) is 4. The second kappa shape index (κ2) is 6.76. The van der Waals surface area contributed by atoms with E-state index in [-0.39, 0.29) is 5.56 Å². The summed E-state index contributed by atoms with van der Waals surface area (Å²) in [6, 6.07) is 3.13. The van der Waals surface area contributed by atoms with Crippen molar-refractivity contribution in [2.75, 3.05) is 34.3 Å². The second-order valence-corrected chi connectivity index (χ2v) is 4.97. The molecule has 0 spiro atoms. The summed E-state index contributed by atoms with van der Waals surface area (Å²) >= 11 is 0. The highest BCUT2D eigenvalue weighted by Crippen LogP contribution is 2.25. The lowest BCUT2D eigenvalue weighted by atomic mass is 9.91. The Hall–Kier alpha value is -1.53. The van der Waals surface area contributed by atoms with Gasteiger partial charge in [0.25, 0.3) is 0 Å². The van der Waals surface area contributed by atoms with Crippen LogP contribution in [0, 0.1) is 11.6 Å². The standard InChI is InChI=1S/C14H20F2N2O2/c1-14(13(19)20-4,17-7-8-18(2)3)11-6-5-10(15)9-12(11)16/h5-6,9,17H,7-8H2,1-4H3. The fourth-order valence-corrected chi connectivity index (χ4v) is 1.91. The van der Waals surface area contributed by atoms with Gasteiger partial charge in [0.1, 0.15) is 17.2 Å². The average molecular weight is 286 g/mol. The Morgan fingerprint density at radius 1 is 1.40 bits per heavy atom. The third-order valence-corrected chi connectivity index (χ3v) is 3.10. The van der Waals surface area contributed by atoms with Gasteiger partial charge in [0.2, 0.25) is 0 Å². The first-order valence-electron chi connectivity index (χ1n) is 6.25. The average Bonchev–Trinajstić information content (AvgIpc) is 2.36. The second-order valence-electron chi connectivity index (χ2n) is 4.97. The van der Waals surface area contributed by atoms with Crippen LogP contribution in [-0.2, 0) is 15.1 Å². The minimum atomic E-state index is -1.36. The fraction of sp³-hybridized carbons (Fsp3) is 0.500. The number of methoxy groups -OCH3 is 1. The molecule has 1 aromatic carbocycles. The molecule has 1 N–H and O–H groups in total. The van der Waals surface area contributed by atoms with Gasteiger partial charge in [0.15, 0.2) is 0 Å². The van der Waals surface area contributed by atoms with Gasteiger partial charge in [-0.2, -0.15) is 0 Å². The van der Waals surface area contributed by atoms with Gasteiger partial charge >= 0.3 is 5.97 Å². The molecule has 6 heteroatoms. The monoisotopic (exact) mass is 286 g/mol. The SMILES string of the molecule is COC(=O)C(C)(NCCN(C)C)c1ccc(F)cc1F. The molecule has 20 heavy (non-hydrogen) atoms. The van der Waals surface area contributed by atoms with Crippen molar-refractivity contribution in [1.29, 1.82) is 0 Å². The molecular weight excluding hydrogens is 266 g/mol. The quantitative estimate of drug-likeness (QED) is 0.805. The zero-order chi connectivity index (χ0) is 15.3. The minimum Gasteiger partial charge on any atom is -0.467 e. The van der Waals surface area contributed by atoms with E-state index in [9.17, 15) is 13.6 Å². The summed E-state index contributed by atoms with van der Waals surface area (Å²) in [5.74, 6) is -2.09. The molecule has 0 aliphatic rings. The van der Waals surface area contributed by atoms with E-state index < -0.39 is 23.1 Å². The Bertz CT molecular complexity index is 480. The van der Waals surface area contributed by atoms with E-state index in [1.165, 1.54) is 20.1 Å². The van der Waals surface area contributed by atoms with Gasteiger partial charge in [-0.25, -0.2) is 13.6 Å². The van der Waals surface area contributed by atoms with Crippen molar-refractivity contribution < 1.29 is 18.3 Å². The van der Waals surface area contributed by atoms with Crippen LogP contribution in [0.3, 0.4) is 0 Å². The first-order valence-corrected chi connectivity index (χ1v) is 6.25. The molecule has 0 heterocycles. The van der Waals surface area contributed by atoms with Crippen molar-refractivity contribution in [1.82, 2.24) is 10.2 Å². The van der Waals surface area contributed by atoms with E-state index in [1.54, 1.807) is 0 Å². The third kappa shape index (κ3) is 3.74. The van der Waals surface area contributed by atoms with Crippen molar-refractivity contribution in [3.05, 3.63) is 35.4 Å². The van der Waals surface area contributed by atoms with Crippen LogP contribution in [-0.4, -0.2) is 45.2 Å². The van der Waals surface area contributed by atoms with E-state index in [4.69, 9.17) is 4.74 Å². The lowest BCUT2D eigenvalue weighted by Crippen LogP contribution is -2.49. The van der Waals surface area contributed by atoms with Crippen LogP contribution in [0.15, 0.2) is 18.2 Å². The number of carbonyl (C=O) groups excluding carboxylic acids is 1. The summed E-state index contributed by atoms with van der Waals surface area (Å²) in [6.45, 7) is 2.63. The summed E-state index contributed by atoms with van der Waals surface area (Å²) in [5.41, 5.74) is -1.30. The number of nitrogens with one attached hydrogen (secondary N) is 1. The maximum absolute atomic E-state index is 13.9. The Kier molecular flexibility index (Phi) is 5.59. The minimum absolute atomic E-state index is 0.0597. The maximum atomic E-state index is 13.9. The molecule has 0 fully saturated rings. The molecule has 0 bridgehead atoms. The summed E-state index contributed by atoms with van der Waals surface area (Å²) in [6.07, 6.45) is 0. The van der Waals surface area contributed by atoms with Crippen molar-refractivity contribution >= 4 is 5.97 Å². The number of esters is 1. The van der Waals surface area contributed by atoms with Gasteiger partial charge in [-0.15, -0.1) is 0 Å². The number of rotatable bonds is 6. The third-order valence-electron chi connectivity index (χ3n) is 3.10. The molecule has 0 aromatic heterocycles. The van der Waals surface area contributed by atoms with Gasteiger partial charge in [0.05, 0.1) is 7.11 Å². The molecule has 0 saturated heterocycles. The Morgan fingerprint density at radius 2 is 2.05 bits per heavy atom. The highest BCUT2D eigenvalue weighted by molar-refractivity contribution is 5.82. The van der Waals surface area contributed by atoms with Crippen molar-refractivity contribution in [3.63, 3.8) is 0 Å². The summed E-state index contributed by atoms with van der Waals surface area (Å²) in [5, 5.41) is 2.98. The van der Waals surface area contributed by atoms with Crippen LogP contribution in [0.2, 0.25) is 0 Å². The topological polar surface area (TPSA) is 41.6 Å². The Morgan fingerprint density at radius 3 is 2.55 bits per heavy atom. The lowest BCUT2D eigenvalue weighted by Gasteiger charge is -2.29. The molecule has 1 atom stereocenters. The molecule has 4 nitrogen and oxygen atoms in total. The molecule has 112 valence electrons. The number of likely N-dealkylation sites (N-methyl/N-ethyl adjacent to an activating group) is 1. The largest absolute Gasteiger partial charge is 0.467 e. The van der Waals surface area contributed by atoms with E-state index in [2.05, 4.69) is 5.32 Å². The van der Waals surface area contributed by atoms with Crippen LogP contribution in [0.25, 0.3) is 0 Å².